The van der Waals surface area contributed by atoms with E-state index >= 15 is 0 Å². The lowest BCUT2D eigenvalue weighted by atomic mass is 9.82. The topological polar surface area (TPSA) is 47.3 Å². The Bertz CT molecular complexity index is 372. The maximum Gasteiger partial charge on any atom is 0.108 e. The standard InChI is InChI=1S/C15H26N2O2/c1-3-17-11-13(10-16-17)14(18)15(19-4-2)12-8-6-5-7-9-12/h10-12,14-15,18H,3-9H2,1-2H3. The Labute approximate surface area is 115 Å². The second-order valence-corrected chi connectivity index (χ2v) is 5.39. The molecule has 1 saturated carbocycles. The number of hydrogen-bond donors (Lipinski definition) is 1. The lowest BCUT2D eigenvalue weighted by Gasteiger charge is -2.32. The lowest BCUT2D eigenvalue weighted by Crippen LogP contribution is -2.32. The summed E-state index contributed by atoms with van der Waals surface area (Å²) in [5.41, 5.74) is 0.880. The molecule has 2 rings (SSSR count). The van der Waals surface area contributed by atoms with Gasteiger partial charge < -0.3 is 9.84 Å². The molecule has 1 aromatic heterocycles. The van der Waals surface area contributed by atoms with E-state index in [2.05, 4.69) is 5.10 Å². The number of rotatable bonds is 6. The molecule has 1 fully saturated rings. The normalized spacial score (nSPS) is 20.4. The average Bonchev–Trinajstić information content (AvgIpc) is 2.94. The highest BCUT2D eigenvalue weighted by Gasteiger charge is 2.31. The third kappa shape index (κ3) is 3.57. The summed E-state index contributed by atoms with van der Waals surface area (Å²) in [5.74, 6) is 0.480. The van der Waals surface area contributed by atoms with E-state index < -0.39 is 6.10 Å². The van der Waals surface area contributed by atoms with E-state index in [1.54, 1.807) is 6.20 Å². The minimum Gasteiger partial charge on any atom is -0.386 e. The van der Waals surface area contributed by atoms with Crippen LogP contribution in [0.15, 0.2) is 12.4 Å². The molecule has 1 N–H and O–H groups in total. The van der Waals surface area contributed by atoms with E-state index in [4.69, 9.17) is 4.74 Å². The first-order chi connectivity index (χ1) is 9.26. The van der Waals surface area contributed by atoms with E-state index in [1.165, 1.54) is 32.1 Å². The van der Waals surface area contributed by atoms with Crippen molar-refractivity contribution < 1.29 is 9.84 Å². The minimum absolute atomic E-state index is 0.0835. The monoisotopic (exact) mass is 266 g/mol. The van der Waals surface area contributed by atoms with Gasteiger partial charge in [0, 0.05) is 24.9 Å². The van der Waals surface area contributed by atoms with E-state index in [9.17, 15) is 5.11 Å². The molecule has 1 heterocycles. The van der Waals surface area contributed by atoms with E-state index in [-0.39, 0.29) is 6.10 Å². The van der Waals surface area contributed by atoms with Crippen molar-refractivity contribution in [2.24, 2.45) is 5.92 Å². The zero-order valence-corrected chi connectivity index (χ0v) is 12.1. The van der Waals surface area contributed by atoms with Gasteiger partial charge in [0.15, 0.2) is 0 Å². The van der Waals surface area contributed by atoms with Crippen molar-refractivity contribution in [3.63, 3.8) is 0 Å². The fourth-order valence-corrected chi connectivity index (χ4v) is 3.04. The molecule has 0 radical (unpaired) electrons. The first-order valence-corrected chi connectivity index (χ1v) is 7.58. The van der Waals surface area contributed by atoms with Crippen molar-refractivity contribution >= 4 is 0 Å². The van der Waals surface area contributed by atoms with E-state index in [1.807, 2.05) is 24.7 Å². The van der Waals surface area contributed by atoms with Crippen LogP contribution in [0.25, 0.3) is 0 Å². The molecule has 19 heavy (non-hydrogen) atoms. The summed E-state index contributed by atoms with van der Waals surface area (Å²) in [5, 5.41) is 14.8. The van der Waals surface area contributed by atoms with Crippen LogP contribution < -0.4 is 0 Å². The van der Waals surface area contributed by atoms with Gasteiger partial charge in [-0.25, -0.2) is 0 Å². The Hall–Kier alpha value is -0.870. The Kier molecular flexibility index (Phi) is 5.40. The molecular formula is C15H26N2O2. The number of aryl methyl sites for hydroxylation is 1. The molecule has 4 heteroatoms. The molecule has 4 nitrogen and oxygen atoms in total. The summed E-state index contributed by atoms with van der Waals surface area (Å²) < 4.78 is 7.70. The highest BCUT2D eigenvalue weighted by atomic mass is 16.5. The third-order valence-electron chi connectivity index (χ3n) is 4.10. The Morgan fingerprint density at radius 3 is 2.68 bits per heavy atom. The number of nitrogens with zero attached hydrogens (tertiary/aromatic N) is 2. The molecule has 2 atom stereocenters. The zero-order chi connectivity index (χ0) is 13.7. The summed E-state index contributed by atoms with van der Waals surface area (Å²) >= 11 is 0. The molecule has 1 aliphatic rings. The molecule has 0 aliphatic heterocycles. The smallest absolute Gasteiger partial charge is 0.108 e. The number of aliphatic hydroxyl groups is 1. The van der Waals surface area contributed by atoms with Crippen LogP contribution in [0.4, 0.5) is 0 Å². The SMILES string of the molecule is CCOC(C1CCCCC1)C(O)c1cnn(CC)c1. The molecule has 2 unspecified atom stereocenters. The summed E-state index contributed by atoms with van der Waals surface area (Å²) in [4.78, 5) is 0. The first-order valence-electron chi connectivity index (χ1n) is 7.58. The molecular weight excluding hydrogens is 240 g/mol. The largest absolute Gasteiger partial charge is 0.386 e. The van der Waals surface area contributed by atoms with Crippen LogP contribution in [-0.4, -0.2) is 27.6 Å². The fraction of sp³-hybridized carbons (Fsp3) is 0.800. The first kappa shape index (κ1) is 14.5. The van der Waals surface area contributed by atoms with Crippen molar-refractivity contribution in [3.8, 4) is 0 Å². The van der Waals surface area contributed by atoms with Crippen molar-refractivity contribution in [3.05, 3.63) is 18.0 Å². The molecule has 1 aliphatic carbocycles. The molecule has 0 aromatic carbocycles. The molecule has 0 bridgehead atoms. The second kappa shape index (κ2) is 7.06. The zero-order valence-electron chi connectivity index (χ0n) is 12.1. The van der Waals surface area contributed by atoms with E-state index in [0.29, 0.717) is 12.5 Å². The fourth-order valence-electron chi connectivity index (χ4n) is 3.04. The Morgan fingerprint density at radius 2 is 2.11 bits per heavy atom. The van der Waals surface area contributed by atoms with Crippen LogP contribution in [0.1, 0.15) is 57.6 Å². The van der Waals surface area contributed by atoms with Crippen LogP contribution >= 0.6 is 0 Å². The molecule has 0 spiro atoms. The molecule has 0 amide bonds. The summed E-state index contributed by atoms with van der Waals surface area (Å²) in [6, 6.07) is 0. The number of ether oxygens (including phenoxy) is 1. The number of hydrogen-bond acceptors (Lipinski definition) is 3. The number of aliphatic hydroxyl groups excluding tert-OH is 1. The molecule has 0 saturated heterocycles. The van der Waals surface area contributed by atoms with Crippen LogP contribution in [-0.2, 0) is 11.3 Å². The van der Waals surface area contributed by atoms with Gasteiger partial charge >= 0.3 is 0 Å². The van der Waals surface area contributed by atoms with Gasteiger partial charge in [0.2, 0.25) is 0 Å². The predicted octanol–water partition coefficient (Wildman–Crippen LogP) is 2.92. The summed E-state index contributed by atoms with van der Waals surface area (Å²) in [6.07, 6.45) is 9.24. The highest BCUT2D eigenvalue weighted by molar-refractivity contribution is 5.10. The lowest BCUT2D eigenvalue weighted by molar-refractivity contribution is -0.0739. The predicted molar refractivity (Wildman–Crippen MR) is 74.8 cm³/mol. The summed E-state index contributed by atoms with van der Waals surface area (Å²) in [7, 11) is 0. The van der Waals surface area contributed by atoms with Crippen LogP contribution in [0.5, 0.6) is 0 Å². The number of aromatic nitrogens is 2. The Morgan fingerprint density at radius 1 is 1.37 bits per heavy atom. The third-order valence-corrected chi connectivity index (χ3v) is 4.10. The van der Waals surface area contributed by atoms with Gasteiger partial charge in [-0.3, -0.25) is 4.68 Å². The van der Waals surface area contributed by atoms with Crippen molar-refractivity contribution in [1.82, 2.24) is 9.78 Å². The second-order valence-electron chi connectivity index (χ2n) is 5.39. The minimum atomic E-state index is -0.552. The van der Waals surface area contributed by atoms with Crippen molar-refractivity contribution in [2.45, 2.75) is 64.7 Å². The van der Waals surface area contributed by atoms with Gasteiger partial charge in [-0.2, -0.15) is 5.10 Å². The highest BCUT2D eigenvalue weighted by Crippen LogP contribution is 2.34. The van der Waals surface area contributed by atoms with Gasteiger partial charge in [-0.15, -0.1) is 0 Å². The van der Waals surface area contributed by atoms with Crippen molar-refractivity contribution in [2.75, 3.05) is 6.61 Å². The Balaban J connectivity index is 2.08. The van der Waals surface area contributed by atoms with Crippen LogP contribution in [0, 0.1) is 5.92 Å². The van der Waals surface area contributed by atoms with E-state index in [0.717, 1.165) is 12.1 Å². The molecule has 108 valence electrons. The maximum atomic E-state index is 10.6. The quantitative estimate of drug-likeness (QED) is 0.861. The van der Waals surface area contributed by atoms with Gasteiger partial charge in [-0.05, 0) is 32.6 Å². The summed E-state index contributed by atoms with van der Waals surface area (Å²) in [6.45, 7) is 5.53. The van der Waals surface area contributed by atoms with Crippen LogP contribution in [0.2, 0.25) is 0 Å². The van der Waals surface area contributed by atoms with Gasteiger partial charge in [0.25, 0.3) is 0 Å². The van der Waals surface area contributed by atoms with Gasteiger partial charge in [-0.1, -0.05) is 19.3 Å². The van der Waals surface area contributed by atoms with Gasteiger partial charge in [0.1, 0.15) is 6.10 Å². The van der Waals surface area contributed by atoms with Gasteiger partial charge in [0.05, 0.1) is 12.3 Å². The average molecular weight is 266 g/mol. The molecule has 1 aromatic rings. The van der Waals surface area contributed by atoms with Crippen LogP contribution in [0.3, 0.4) is 0 Å². The van der Waals surface area contributed by atoms with Crippen molar-refractivity contribution in [1.29, 1.82) is 0 Å². The maximum absolute atomic E-state index is 10.6.